The summed E-state index contributed by atoms with van der Waals surface area (Å²) in [6.07, 6.45) is 6.74. The molecule has 0 bridgehead atoms. The zero-order valence-corrected chi connectivity index (χ0v) is 13.2. The molecule has 1 saturated heterocycles. The van der Waals surface area contributed by atoms with Crippen LogP contribution in [-0.2, 0) is 4.79 Å². The van der Waals surface area contributed by atoms with E-state index in [2.05, 4.69) is 23.6 Å². The van der Waals surface area contributed by atoms with E-state index in [1.807, 2.05) is 0 Å². The third-order valence-electron chi connectivity index (χ3n) is 5.40. The number of carbonyl (C=O) groups excluding carboxylic acids is 1. The largest absolute Gasteiger partial charge is 0.340 e. The highest BCUT2D eigenvalue weighted by Crippen LogP contribution is 2.38. The van der Waals surface area contributed by atoms with Crippen LogP contribution in [0.4, 0.5) is 0 Å². The van der Waals surface area contributed by atoms with E-state index in [1.54, 1.807) is 0 Å². The third kappa shape index (κ3) is 3.53. The van der Waals surface area contributed by atoms with Gasteiger partial charge in [0.2, 0.25) is 5.91 Å². The number of likely N-dealkylation sites (N-methyl/N-ethyl adjacent to an activating group) is 1. The molecule has 0 spiro atoms. The van der Waals surface area contributed by atoms with Gasteiger partial charge in [0.25, 0.3) is 0 Å². The summed E-state index contributed by atoms with van der Waals surface area (Å²) >= 11 is 0. The number of hydrogen-bond acceptors (Lipinski definition) is 3. The lowest BCUT2D eigenvalue weighted by Crippen LogP contribution is -2.54. The number of amides is 1. The molecule has 1 heterocycles. The molecule has 2 rings (SSSR count). The number of nitrogens with two attached hydrogens (primary N) is 1. The fourth-order valence-electron chi connectivity index (χ4n) is 3.88. The second-order valence-corrected chi connectivity index (χ2v) is 6.76. The smallest absolute Gasteiger partial charge is 0.223 e. The molecule has 1 saturated carbocycles. The number of piperazine rings is 1. The van der Waals surface area contributed by atoms with Gasteiger partial charge in [-0.2, -0.15) is 0 Å². The van der Waals surface area contributed by atoms with Gasteiger partial charge in [-0.25, -0.2) is 0 Å². The Labute approximate surface area is 123 Å². The van der Waals surface area contributed by atoms with Crippen molar-refractivity contribution in [2.45, 2.75) is 58.4 Å². The molecule has 1 amide bonds. The molecule has 0 radical (unpaired) electrons. The van der Waals surface area contributed by atoms with E-state index < -0.39 is 0 Å². The molecule has 0 aromatic heterocycles. The van der Waals surface area contributed by atoms with Gasteiger partial charge in [-0.15, -0.1) is 0 Å². The summed E-state index contributed by atoms with van der Waals surface area (Å²) in [6, 6.07) is 0.484. The summed E-state index contributed by atoms with van der Waals surface area (Å²) in [7, 11) is 0. The molecule has 0 aromatic carbocycles. The second-order valence-electron chi connectivity index (χ2n) is 6.76. The van der Waals surface area contributed by atoms with Crippen molar-refractivity contribution < 1.29 is 4.79 Å². The summed E-state index contributed by atoms with van der Waals surface area (Å²) in [5.41, 5.74) is 6.11. The van der Waals surface area contributed by atoms with Crippen LogP contribution in [0.3, 0.4) is 0 Å². The number of carbonyl (C=O) groups is 1. The van der Waals surface area contributed by atoms with Crippen LogP contribution in [0.2, 0.25) is 0 Å². The lowest BCUT2D eigenvalue weighted by molar-refractivity contribution is -0.137. The van der Waals surface area contributed by atoms with Gasteiger partial charge in [0.05, 0.1) is 0 Å². The molecule has 116 valence electrons. The molecule has 2 fully saturated rings. The molecule has 0 aromatic rings. The van der Waals surface area contributed by atoms with Crippen molar-refractivity contribution >= 4 is 5.91 Å². The predicted molar refractivity (Wildman–Crippen MR) is 82.5 cm³/mol. The number of hydrogen-bond donors (Lipinski definition) is 1. The van der Waals surface area contributed by atoms with Gasteiger partial charge < -0.3 is 10.6 Å². The van der Waals surface area contributed by atoms with E-state index in [1.165, 1.54) is 19.3 Å². The number of nitrogens with zero attached hydrogens (tertiary/aromatic N) is 2. The summed E-state index contributed by atoms with van der Waals surface area (Å²) in [5, 5.41) is 0. The van der Waals surface area contributed by atoms with Gasteiger partial charge in [-0.1, -0.05) is 26.2 Å². The van der Waals surface area contributed by atoms with Crippen molar-refractivity contribution in [1.82, 2.24) is 9.80 Å². The van der Waals surface area contributed by atoms with Crippen LogP contribution >= 0.6 is 0 Å². The standard InChI is InChI=1S/C16H31N3O/c1-3-18-9-10-19(12-14(18)2)15(20)11-16(13-17)7-5-4-6-8-16/h14H,3-13,17H2,1-2H3. The fourth-order valence-corrected chi connectivity index (χ4v) is 3.88. The minimum Gasteiger partial charge on any atom is -0.340 e. The van der Waals surface area contributed by atoms with Crippen LogP contribution in [0.5, 0.6) is 0 Å². The molecule has 1 atom stereocenters. The second kappa shape index (κ2) is 6.90. The Morgan fingerprint density at radius 1 is 1.25 bits per heavy atom. The SMILES string of the molecule is CCN1CCN(C(=O)CC2(CN)CCCCC2)CC1C. The Morgan fingerprint density at radius 3 is 2.50 bits per heavy atom. The normalized spacial score (nSPS) is 27.6. The zero-order chi connectivity index (χ0) is 14.6. The fraction of sp³-hybridized carbons (Fsp3) is 0.938. The third-order valence-corrected chi connectivity index (χ3v) is 5.40. The van der Waals surface area contributed by atoms with E-state index in [4.69, 9.17) is 5.73 Å². The topological polar surface area (TPSA) is 49.6 Å². The lowest BCUT2D eigenvalue weighted by atomic mass is 9.71. The van der Waals surface area contributed by atoms with Crippen molar-refractivity contribution in [1.29, 1.82) is 0 Å². The zero-order valence-electron chi connectivity index (χ0n) is 13.2. The van der Waals surface area contributed by atoms with E-state index in [0.29, 0.717) is 24.9 Å². The van der Waals surface area contributed by atoms with E-state index >= 15 is 0 Å². The maximum absolute atomic E-state index is 12.6. The number of rotatable bonds is 4. The Bertz CT molecular complexity index is 326. The minimum atomic E-state index is 0.0977. The maximum atomic E-state index is 12.6. The monoisotopic (exact) mass is 281 g/mol. The first kappa shape index (κ1) is 15.8. The van der Waals surface area contributed by atoms with Gasteiger partial charge in [-0.05, 0) is 38.3 Å². The highest BCUT2D eigenvalue weighted by Gasteiger charge is 2.35. The average Bonchev–Trinajstić information content (AvgIpc) is 2.48. The van der Waals surface area contributed by atoms with Crippen LogP contribution < -0.4 is 5.73 Å². The van der Waals surface area contributed by atoms with Crippen molar-refractivity contribution in [2.24, 2.45) is 11.1 Å². The van der Waals surface area contributed by atoms with Gasteiger partial charge in [0, 0.05) is 32.1 Å². The van der Waals surface area contributed by atoms with Gasteiger partial charge in [-0.3, -0.25) is 9.69 Å². The van der Waals surface area contributed by atoms with Crippen molar-refractivity contribution in [2.75, 3.05) is 32.7 Å². The van der Waals surface area contributed by atoms with Crippen LogP contribution in [-0.4, -0.2) is 54.5 Å². The maximum Gasteiger partial charge on any atom is 0.223 e. The van der Waals surface area contributed by atoms with Gasteiger partial charge in [0.1, 0.15) is 0 Å². The molecule has 2 N–H and O–H groups in total. The summed E-state index contributed by atoms with van der Waals surface area (Å²) in [4.78, 5) is 17.1. The predicted octanol–water partition coefficient (Wildman–Crippen LogP) is 1.84. The van der Waals surface area contributed by atoms with Crippen LogP contribution in [0.25, 0.3) is 0 Å². The first-order valence-corrected chi connectivity index (χ1v) is 8.32. The summed E-state index contributed by atoms with van der Waals surface area (Å²) < 4.78 is 0. The van der Waals surface area contributed by atoms with Gasteiger partial charge >= 0.3 is 0 Å². The van der Waals surface area contributed by atoms with Crippen LogP contribution in [0, 0.1) is 5.41 Å². The minimum absolute atomic E-state index is 0.0977. The Balaban J connectivity index is 1.91. The quantitative estimate of drug-likeness (QED) is 0.855. The van der Waals surface area contributed by atoms with Crippen molar-refractivity contribution in [3.05, 3.63) is 0 Å². The molecule has 2 aliphatic rings. The van der Waals surface area contributed by atoms with Crippen molar-refractivity contribution in [3.8, 4) is 0 Å². The average molecular weight is 281 g/mol. The van der Waals surface area contributed by atoms with Crippen LogP contribution in [0.15, 0.2) is 0 Å². The van der Waals surface area contributed by atoms with Crippen molar-refractivity contribution in [3.63, 3.8) is 0 Å². The Kier molecular flexibility index (Phi) is 5.44. The van der Waals surface area contributed by atoms with Gasteiger partial charge in [0.15, 0.2) is 0 Å². The molecular formula is C16H31N3O. The molecule has 1 aliphatic heterocycles. The highest BCUT2D eigenvalue weighted by molar-refractivity contribution is 5.77. The van der Waals surface area contributed by atoms with E-state index in [9.17, 15) is 4.79 Å². The molecule has 4 nitrogen and oxygen atoms in total. The molecule has 1 unspecified atom stereocenters. The summed E-state index contributed by atoms with van der Waals surface area (Å²) in [5.74, 6) is 0.333. The first-order valence-electron chi connectivity index (χ1n) is 8.32. The highest BCUT2D eigenvalue weighted by atomic mass is 16.2. The van der Waals surface area contributed by atoms with Crippen LogP contribution in [0.1, 0.15) is 52.4 Å². The Hall–Kier alpha value is -0.610. The van der Waals surface area contributed by atoms with E-state index in [0.717, 1.165) is 39.0 Å². The first-order chi connectivity index (χ1) is 9.60. The molecule has 4 heteroatoms. The van der Waals surface area contributed by atoms with E-state index in [-0.39, 0.29) is 5.41 Å². The Morgan fingerprint density at radius 2 is 1.95 bits per heavy atom. The molecule has 20 heavy (non-hydrogen) atoms. The lowest BCUT2D eigenvalue weighted by Gasteiger charge is -2.42. The molecular weight excluding hydrogens is 250 g/mol. The molecule has 1 aliphatic carbocycles. The summed E-state index contributed by atoms with van der Waals surface area (Å²) in [6.45, 7) is 8.95.